The fourth-order valence-electron chi connectivity index (χ4n) is 1.27. The SMILES string of the molecule is Oc1ccccc1O.c1ccc2scnc2c1. The third kappa shape index (κ3) is 2.95. The molecule has 1 heterocycles. The number of thiazole rings is 1. The van der Waals surface area contributed by atoms with E-state index in [1.165, 1.54) is 16.8 Å². The lowest BCUT2D eigenvalue weighted by Gasteiger charge is -1.91. The summed E-state index contributed by atoms with van der Waals surface area (Å²) in [6, 6.07) is 14.3. The highest BCUT2D eigenvalue weighted by Gasteiger charge is 1.90. The van der Waals surface area contributed by atoms with Gasteiger partial charge in [-0.05, 0) is 24.3 Å². The highest BCUT2D eigenvalue weighted by Crippen LogP contribution is 2.21. The monoisotopic (exact) mass is 245 g/mol. The Morgan fingerprint density at radius 3 is 2.00 bits per heavy atom. The van der Waals surface area contributed by atoms with Crippen molar-refractivity contribution in [1.29, 1.82) is 0 Å². The first kappa shape index (κ1) is 11.4. The average Bonchev–Trinajstić information content (AvgIpc) is 2.82. The van der Waals surface area contributed by atoms with Crippen molar-refractivity contribution in [3.8, 4) is 11.5 Å². The van der Waals surface area contributed by atoms with Gasteiger partial charge in [0.1, 0.15) is 0 Å². The summed E-state index contributed by atoms with van der Waals surface area (Å²) in [6.07, 6.45) is 0. The van der Waals surface area contributed by atoms with Gasteiger partial charge in [-0.3, -0.25) is 0 Å². The Balaban J connectivity index is 0.000000128. The fraction of sp³-hybridized carbons (Fsp3) is 0. The van der Waals surface area contributed by atoms with E-state index in [0.717, 1.165) is 5.52 Å². The highest BCUT2D eigenvalue weighted by molar-refractivity contribution is 7.16. The van der Waals surface area contributed by atoms with Crippen LogP contribution < -0.4 is 0 Å². The molecule has 2 N–H and O–H groups in total. The van der Waals surface area contributed by atoms with Crippen LogP contribution in [0.2, 0.25) is 0 Å². The molecule has 0 aliphatic carbocycles. The van der Waals surface area contributed by atoms with Crippen molar-refractivity contribution in [3.63, 3.8) is 0 Å². The normalized spacial score (nSPS) is 9.65. The first-order chi connectivity index (χ1) is 8.27. The van der Waals surface area contributed by atoms with Crippen LogP contribution in [0.25, 0.3) is 10.2 Å². The van der Waals surface area contributed by atoms with Crippen LogP contribution in [0, 0.1) is 0 Å². The Hall–Kier alpha value is -2.07. The lowest BCUT2D eigenvalue weighted by atomic mass is 10.3. The number of phenols is 2. The van der Waals surface area contributed by atoms with Gasteiger partial charge < -0.3 is 10.2 Å². The third-order valence-corrected chi connectivity index (χ3v) is 2.93. The Bertz CT molecular complexity index is 556. The Labute approximate surface area is 103 Å². The zero-order valence-electron chi connectivity index (χ0n) is 8.95. The molecule has 0 bridgehead atoms. The number of para-hydroxylation sites is 3. The predicted octanol–water partition coefficient (Wildman–Crippen LogP) is 3.39. The number of hydrogen-bond acceptors (Lipinski definition) is 4. The lowest BCUT2D eigenvalue weighted by Crippen LogP contribution is -1.63. The van der Waals surface area contributed by atoms with Gasteiger partial charge in [-0.1, -0.05) is 24.3 Å². The average molecular weight is 245 g/mol. The largest absolute Gasteiger partial charge is 0.504 e. The van der Waals surface area contributed by atoms with Gasteiger partial charge in [-0.25, -0.2) is 4.98 Å². The first-order valence-electron chi connectivity index (χ1n) is 5.02. The third-order valence-electron chi connectivity index (χ3n) is 2.12. The van der Waals surface area contributed by atoms with Crippen LogP contribution in [0.4, 0.5) is 0 Å². The summed E-state index contributed by atoms with van der Waals surface area (Å²) < 4.78 is 1.26. The zero-order valence-corrected chi connectivity index (χ0v) is 9.76. The van der Waals surface area contributed by atoms with E-state index >= 15 is 0 Å². The molecule has 0 amide bonds. The van der Waals surface area contributed by atoms with Crippen LogP contribution >= 0.6 is 11.3 Å². The lowest BCUT2D eigenvalue weighted by molar-refractivity contribution is 0.404. The molecule has 1 aromatic heterocycles. The topological polar surface area (TPSA) is 53.4 Å². The van der Waals surface area contributed by atoms with Crippen LogP contribution in [0.3, 0.4) is 0 Å². The molecular weight excluding hydrogens is 234 g/mol. The van der Waals surface area contributed by atoms with Crippen molar-refractivity contribution in [2.45, 2.75) is 0 Å². The minimum Gasteiger partial charge on any atom is -0.504 e. The molecule has 0 aliphatic heterocycles. The van der Waals surface area contributed by atoms with Crippen LogP contribution in [0.1, 0.15) is 0 Å². The maximum atomic E-state index is 8.67. The van der Waals surface area contributed by atoms with Crippen molar-refractivity contribution in [2.75, 3.05) is 0 Å². The molecule has 17 heavy (non-hydrogen) atoms. The van der Waals surface area contributed by atoms with E-state index in [4.69, 9.17) is 10.2 Å². The van der Waals surface area contributed by atoms with Crippen molar-refractivity contribution in [2.24, 2.45) is 0 Å². The van der Waals surface area contributed by atoms with E-state index in [9.17, 15) is 0 Å². The molecule has 0 fully saturated rings. The molecule has 0 unspecified atom stereocenters. The second kappa shape index (κ2) is 5.32. The summed E-state index contributed by atoms with van der Waals surface area (Å²) in [7, 11) is 0. The number of benzene rings is 2. The van der Waals surface area contributed by atoms with Crippen molar-refractivity contribution >= 4 is 21.6 Å². The number of hydrogen-bond donors (Lipinski definition) is 2. The number of aromatic hydroxyl groups is 2. The van der Waals surface area contributed by atoms with E-state index in [0.29, 0.717) is 0 Å². The molecule has 4 heteroatoms. The second-order valence-electron chi connectivity index (χ2n) is 3.31. The van der Waals surface area contributed by atoms with Crippen LogP contribution in [0.5, 0.6) is 11.5 Å². The number of fused-ring (bicyclic) bond motifs is 1. The number of rotatable bonds is 0. The second-order valence-corrected chi connectivity index (χ2v) is 4.20. The van der Waals surface area contributed by atoms with Crippen molar-refractivity contribution < 1.29 is 10.2 Å². The molecule has 0 saturated carbocycles. The van der Waals surface area contributed by atoms with Gasteiger partial charge in [0.25, 0.3) is 0 Å². The summed E-state index contributed by atoms with van der Waals surface area (Å²) in [6.45, 7) is 0. The van der Waals surface area contributed by atoms with Gasteiger partial charge in [0.05, 0.1) is 15.7 Å². The molecule has 86 valence electrons. The summed E-state index contributed by atoms with van der Waals surface area (Å²) in [5.41, 5.74) is 2.97. The molecule has 0 aliphatic rings. The minimum absolute atomic E-state index is 0.0764. The minimum atomic E-state index is -0.0764. The molecule has 0 saturated heterocycles. The highest BCUT2D eigenvalue weighted by atomic mass is 32.1. The van der Waals surface area contributed by atoms with E-state index in [1.807, 2.05) is 23.7 Å². The number of aromatic nitrogens is 1. The van der Waals surface area contributed by atoms with Crippen LogP contribution in [0.15, 0.2) is 54.0 Å². The van der Waals surface area contributed by atoms with Gasteiger partial charge in [-0.15, -0.1) is 11.3 Å². The zero-order chi connectivity index (χ0) is 12.1. The van der Waals surface area contributed by atoms with Gasteiger partial charge in [-0.2, -0.15) is 0 Å². The molecule has 0 atom stereocenters. The molecule has 0 spiro atoms. The van der Waals surface area contributed by atoms with Crippen molar-refractivity contribution in [3.05, 3.63) is 54.0 Å². The predicted molar refractivity (Wildman–Crippen MR) is 69.4 cm³/mol. The maximum Gasteiger partial charge on any atom is 0.157 e. The van der Waals surface area contributed by atoms with E-state index < -0.39 is 0 Å². The molecule has 0 radical (unpaired) electrons. The molecule has 3 aromatic rings. The fourth-order valence-corrected chi connectivity index (χ4v) is 1.95. The van der Waals surface area contributed by atoms with Gasteiger partial charge in [0, 0.05) is 0 Å². The van der Waals surface area contributed by atoms with E-state index in [1.54, 1.807) is 23.5 Å². The Morgan fingerprint density at radius 1 is 0.824 bits per heavy atom. The van der Waals surface area contributed by atoms with Gasteiger partial charge in [0.2, 0.25) is 0 Å². The van der Waals surface area contributed by atoms with Crippen LogP contribution in [-0.2, 0) is 0 Å². The molecular formula is C13H11NO2S. The van der Waals surface area contributed by atoms with Crippen molar-refractivity contribution in [1.82, 2.24) is 4.98 Å². The summed E-state index contributed by atoms with van der Waals surface area (Å²) in [5.74, 6) is -0.153. The Kier molecular flexibility index (Phi) is 3.57. The number of nitrogens with zero attached hydrogens (tertiary/aromatic N) is 1. The van der Waals surface area contributed by atoms with Gasteiger partial charge >= 0.3 is 0 Å². The first-order valence-corrected chi connectivity index (χ1v) is 5.90. The quantitative estimate of drug-likeness (QED) is 0.597. The van der Waals surface area contributed by atoms with E-state index in [2.05, 4.69) is 11.1 Å². The number of phenolic OH excluding ortho intramolecular Hbond substituents is 2. The summed E-state index contributed by atoms with van der Waals surface area (Å²) in [4.78, 5) is 4.14. The summed E-state index contributed by atoms with van der Waals surface area (Å²) in [5, 5.41) is 17.3. The van der Waals surface area contributed by atoms with Gasteiger partial charge in [0.15, 0.2) is 11.5 Å². The maximum absolute atomic E-state index is 8.67. The smallest absolute Gasteiger partial charge is 0.157 e. The van der Waals surface area contributed by atoms with Crippen LogP contribution in [-0.4, -0.2) is 15.2 Å². The molecule has 3 nitrogen and oxygen atoms in total. The standard InChI is InChI=1S/C7H5NS.C6H6O2/c1-2-4-7-6(3-1)8-5-9-7;7-5-3-1-2-4-6(5)8/h1-5H;1-4,7-8H. The molecule has 3 rings (SSSR count). The summed E-state index contributed by atoms with van der Waals surface area (Å²) >= 11 is 1.68. The molecule has 2 aromatic carbocycles. The van der Waals surface area contributed by atoms with E-state index in [-0.39, 0.29) is 11.5 Å². The Morgan fingerprint density at radius 2 is 1.41 bits per heavy atom.